The van der Waals surface area contributed by atoms with Crippen LogP contribution in [0.4, 0.5) is 0 Å². The molecule has 0 aliphatic carbocycles. The van der Waals surface area contributed by atoms with Gasteiger partial charge in [0, 0.05) is 0 Å². The molecule has 0 spiro atoms. The maximum absolute atomic E-state index is 10.5. The molecule has 0 aromatic rings. The molecule has 0 aromatic heterocycles. The summed E-state index contributed by atoms with van der Waals surface area (Å²) in [5.74, 6) is -0.545. The van der Waals surface area contributed by atoms with E-state index < -0.39 is 12.1 Å². The molecule has 1 unspecified atom stereocenters. The van der Waals surface area contributed by atoms with E-state index in [0.717, 1.165) is 0 Å². The molecule has 0 aromatic carbocycles. The molecule has 0 radical (unpaired) electrons. The number of nitriles is 1. The van der Waals surface area contributed by atoms with Crippen LogP contribution < -0.4 is 0 Å². The maximum Gasteiger partial charge on any atom is 0.309 e. The maximum atomic E-state index is 10.5. The lowest BCUT2D eigenvalue weighted by Gasteiger charge is -2.00. The van der Waals surface area contributed by atoms with Gasteiger partial charge in [-0.3, -0.25) is 4.79 Å². The van der Waals surface area contributed by atoms with Gasteiger partial charge in [0.25, 0.3) is 0 Å². The molecule has 10 heavy (non-hydrogen) atoms. The summed E-state index contributed by atoms with van der Waals surface area (Å²) in [4.78, 5) is 10.5. The third-order valence-electron chi connectivity index (χ3n) is 0.814. The van der Waals surface area contributed by atoms with E-state index in [2.05, 4.69) is 4.74 Å². The Kier molecular flexibility index (Phi) is 4.25. The standard InChI is InChI=1S/C6H9NO3/c1-2-10-6(9)3-5(8)4-7/h5,8H,2-3H2,1H3. The van der Waals surface area contributed by atoms with Gasteiger partial charge in [0.15, 0.2) is 6.10 Å². The summed E-state index contributed by atoms with van der Waals surface area (Å²) in [6.45, 7) is 1.94. The number of carbonyl (C=O) groups excluding carboxylic acids is 1. The van der Waals surface area contributed by atoms with Crippen LogP contribution in [0.2, 0.25) is 0 Å². The van der Waals surface area contributed by atoms with Crippen molar-refractivity contribution in [3.63, 3.8) is 0 Å². The molecule has 1 atom stereocenters. The summed E-state index contributed by atoms with van der Waals surface area (Å²) in [6, 6.07) is 1.51. The van der Waals surface area contributed by atoms with Crippen LogP contribution in [0.15, 0.2) is 0 Å². The van der Waals surface area contributed by atoms with Crippen molar-refractivity contribution in [3.05, 3.63) is 0 Å². The molecule has 0 fully saturated rings. The number of hydrogen-bond donors (Lipinski definition) is 1. The summed E-state index contributed by atoms with van der Waals surface area (Å²) in [5.41, 5.74) is 0. The minimum absolute atomic E-state index is 0.246. The summed E-state index contributed by atoms with van der Waals surface area (Å²) in [5, 5.41) is 16.6. The fraction of sp³-hybridized carbons (Fsp3) is 0.667. The van der Waals surface area contributed by atoms with Gasteiger partial charge in [0.1, 0.15) is 0 Å². The van der Waals surface area contributed by atoms with E-state index in [0.29, 0.717) is 0 Å². The number of aliphatic hydroxyl groups excluding tert-OH is 1. The summed E-state index contributed by atoms with van der Waals surface area (Å²) in [7, 11) is 0. The van der Waals surface area contributed by atoms with E-state index in [4.69, 9.17) is 10.4 Å². The lowest BCUT2D eigenvalue weighted by atomic mass is 10.3. The van der Waals surface area contributed by atoms with Crippen molar-refractivity contribution in [2.45, 2.75) is 19.4 Å². The highest BCUT2D eigenvalue weighted by atomic mass is 16.5. The lowest BCUT2D eigenvalue weighted by Crippen LogP contribution is -2.13. The van der Waals surface area contributed by atoms with Crippen molar-refractivity contribution in [2.75, 3.05) is 6.61 Å². The SMILES string of the molecule is CCOC(=O)CC(O)C#N. The van der Waals surface area contributed by atoms with Crippen molar-refractivity contribution in [1.29, 1.82) is 5.26 Å². The van der Waals surface area contributed by atoms with Crippen LogP contribution in [0.25, 0.3) is 0 Å². The highest BCUT2D eigenvalue weighted by Crippen LogP contribution is 1.91. The minimum atomic E-state index is -1.24. The van der Waals surface area contributed by atoms with Crippen molar-refractivity contribution < 1.29 is 14.6 Å². The zero-order valence-electron chi connectivity index (χ0n) is 5.70. The van der Waals surface area contributed by atoms with Gasteiger partial charge in [-0.25, -0.2) is 0 Å². The molecule has 4 heteroatoms. The van der Waals surface area contributed by atoms with Gasteiger partial charge in [0.2, 0.25) is 0 Å². The van der Waals surface area contributed by atoms with Gasteiger partial charge in [-0.15, -0.1) is 0 Å². The number of nitrogens with zero attached hydrogens (tertiary/aromatic N) is 1. The molecule has 0 aliphatic rings. The number of rotatable bonds is 3. The summed E-state index contributed by atoms with van der Waals surface area (Å²) >= 11 is 0. The van der Waals surface area contributed by atoms with E-state index in [1.807, 2.05) is 0 Å². The zero-order valence-corrected chi connectivity index (χ0v) is 5.70. The molecule has 0 aliphatic heterocycles. The molecule has 0 saturated heterocycles. The smallest absolute Gasteiger partial charge is 0.309 e. The number of esters is 1. The quantitative estimate of drug-likeness (QED) is 0.439. The predicted octanol–water partition coefficient (Wildman–Crippen LogP) is -0.176. The van der Waals surface area contributed by atoms with Gasteiger partial charge < -0.3 is 9.84 Å². The molecule has 4 nitrogen and oxygen atoms in total. The number of carbonyl (C=O) groups is 1. The normalized spacial score (nSPS) is 11.7. The Hall–Kier alpha value is -1.08. The van der Waals surface area contributed by atoms with Crippen molar-refractivity contribution >= 4 is 5.97 Å². The monoisotopic (exact) mass is 143 g/mol. The number of ether oxygens (including phenoxy) is 1. The first-order valence-corrected chi connectivity index (χ1v) is 2.94. The van der Waals surface area contributed by atoms with Crippen molar-refractivity contribution in [2.24, 2.45) is 0 Å². The second-order valence-corrected chi connectivity index (χ2v) is 1.65. The second kappa shape index (κ2) is 4.77. The first kappa shape index (κ1) is 8.92. The second-order valence-electron chi connectivity index (χ2n) is 1.65. The van der Waals surface area contributed by atoms with Crippen LogP contribution in [0, 0.1) is 11.3 Å². The average molecular weight is 143 g/mol. The van der Waals surface area contributed by atoms with Gasteiger partial charge in [-0.1, -0.05) is 0 Å². The summed E-state index contributed by atoms with van der Waals surface area (Å²) in [6.07, 6.45) is -1.48. The Labute approximate surface area is 59.0 Å². The highest BCUT2D eigenvalue weighted by molar-refractivity contribution is 5.70. The van der Waals surface area contributed by atoms with E-state index in [9.17, 15) is 4.79 Å². The topological polar surface area (TPSA) is 70.3 Å². The van der Waals surface area contributed by atoms with Crippen molar-refractivity contribution in [1.82, 2.24) is 0 Å². The lowest BCUT2D eigenvalue weighted by molar-refractivity contribution is -0.144. The fourth-order valence-electron chi connectivity index (χ4n) is 0.423. The molecular weight excluding hydrogens is 134 g/mol. The molecule has 0 bridgehead atoms. The Morgan fingerprint density at radius 1 is 1.90 bits per heavy atom. The Morgan fingerprint density at radius 3 is 2.90 bits per heavy atom. The van der Waals surface area contributed by atoms with E-state index in [1.165, 1.54) is 6.07 Å². The zero-order chi connectivity index (χ0) is 7.98. The van der Waals surface area contributed by atoms with Crippen LogP contribution in [0.5, 0.6) is 0 Å². The first-order valence-electron chi connectivity index (χ1n) is 2.94. The Bertz CT molecular complexity index is 150. The third kappa shape index (κ3) is 3.87. The van der Waals surface area contributed by atoms with Gasteiger partial charge in [-0.05, 0) is 6.92 Å². The first-order chi connectivity index (χ1) is 4.70. The van der Waals surface area contributed by atoms with Crippen LogP contribution in [0.1, 0.15) is 13.3 Å². The number of hydrogen-bond acceptors (Lipinski definition) is 4. The average Bonchev–Trinajstić information content (AvgIpc) is 1.88. The largest absolute Gasteiger partial charge is 0.466 e. The number of aliphatic hydroxyl groups is 1. The molecule has 0 rings (SSSR count). The van der Waals surface area contributed by atoms with E-state index >= 15 is 0 Å². The van der Waals surface area contributed by atoms with Crippen LogP contribution >= 0.6 is 0 Å². The highest BCUT2D eigenvalue weighted by Gasteiger charge is 2.08. The molecular formula is C6H9NO3. The van der Waals surface area contributed by atoms with Gasteiger partial charge >= 0.3 is 5.97 Å². The Balaban J connectivity index is 3.49. The predicted molar refractivity (Wildman–Crippen MR) is 32.9 cm³/mol. The van der Waals surface area contributed by atoms with Crippen LogP contribution in [-0.4, -0.2) is 23.8 Å². The molecule has 0 saturated carbocycles. The fourth-order valence-corrected chi connectivity index (χ4v) is 0.423. The van der Waals surface area contributed by atoms with Crippen LogP contribution in [0.3, 0.4) is 0 Å². The molecule has 0 amide bonds. The van der Waals surface area contributed by atoms with Gasteiger partial charge in [-0.2, -0.15) is 5.26 Å². The van der Waals surface area contributed by atoms with E-state index in [-0.39, 0.29) is 13.0 Å². The molecule has 1 N–H and O–H groups in total. The summed E-state index contributed by atoms with van der Waals surface area (Å²) < 4.78 is 4.46. The van der Waals surface area contributed by atoms with E-state index in [1.54, 1.807) is 6.92 Å². The third-order valence-corrected chi connectivity index (χ3v) is 0.814. The molecule has 56 valence electrons. The van der Waals surface area contributed by atoms with Crippen molar-refractivity contribution in [3.8, 4) is 6.07 Å². The molecule has 0 heterocycles. The minimum Gasteiger partial charge on any atom is -0.466 e. The Morgan fingerprint density at radius 2 is 2.50 bits per heavy atom. The van der Waals surface area contributed by atoms with Crippen LogP contribution in [-0.2, 0) is 9.53 Å². The van der Waals surface area contributed by atoms with Gasteiger partial charge in [0.05, 0.1) is 19.1 Å².